The average molecular weight is 762 g/mol. The van der Waals surface area contributed by atoms with E-state index in [1.165, 1.54) is 122 Å². The number of nitrogens with one attached hydrogen (secondary N) is 1. The molecular weight excluding hydrogens is 671 g/mol. The molecule has 0 heterocycles. The number of unbranched alkanes of at least 4 members (excludes halogenated alkanes) is 26. The van der Waals surface area contributed by atoms with Crippen LogP contribution in [0, 0.1) is 0 Å². The van der Waals surface area contributed by atoms with Crippen molar-refractivity contribution in [1.82, 2.24) is 5.32 Å². The summed E-state index contributed by atoms with van der Waals surface area (Å²) in [6.45, 7) is 6.39. The van der Waals surface area contributed by atoms with Gasteiger partial charge in [-0.1, -0.05) is 186 Å². The second-order valence-corrected chi connectivity index (χ2v) is 16.2. The maximum atomic E-state index is 13.1. The molecule has 0 saturated heterocycles. The molecule has 0 radical (unpaired) electrons. The lowest BCUT2D eigenvalue weighted by Crippen LogP contribution is -2.46. The van der Waals surface area contributed by atoms with Crippen LogP contribution in [-0.2, 0) is 14.3 Å². The molecule has 0 aliphatic heterocycles. The minimum atomic E-state index is -0.786. The van der Waals surface area contributed by atoms with E-state index < -0.39 is 18.2 Å². The average Bonchev–Trinajstić information content (AvgIpc) is 3.16. The van der Waals surface area contributed by atoms with E-state index in [9.17, 15) is 19.8 Å². The van der Waals surface area contributed by atoms with Crippen molar-refractivity contribution in [3.63, 3.8) is 0 Å². The minimum absolute atomic E-state index is 0.0675. The van der Waals surface area contributed by atoms with Gasteiger partial charge in [0.1, 0.15) is 6.10 Å². The number of carbonyl (C=O) groups excluding carboxylic acids is 2. The Kier molecular flexibility index (Phi) is 41.2. The molecular formula is C48H91NO5. The van der Waals surface area contributed by atoms with Gasteiger partial charge in [-0.15, -0.1) is 0 Å². The molecule has 3 atom stereocenters. The summed E-state index contributed by atoms with van der Waals surface area (Å²) in [5.74, 6) is -0.493. The molecule has 0 aromatic heterocycles. The highest BCUT2D eigenvalue weighted by molar-refractivity contribution is 5.77. The van der Waals surface area contributed by atoms with Crippen LogP contribution >= 0.6 is 0 Å². The van der Waals surface area contributed by atoms with Gasteiger partial charge in [-0.2, -0.15) is 0 Å². The highest BCUT2D eigenvalue weighted by atomic mass is 16.5. The molecule has 3 unspecified atom stereocenters. The zero-order chi connectivity index (χ0) is 39.6. The van der Waals surface area contributed by atoms with Crippen LogP contribution in [0.3, 0.4) is 0 Å². The van der Waals surface area contributed by atoms with Gasteiger partial charge in [0.25, 0.3) is 0 Å². The van der Waals surface area contributed by atoms with Crippen molar-refractivity contribution in [2.45, 2.75) is 264 Å². The van der Waals surface area contributed by atoms with E-state index in [-0.39, 0.29) is 24.9 Å². The summed E-state index contributed by atoms with van der Waals surface area (Å²) in [6.07, 6.45) is 46.7. The number of hydrogen-bond donors (Lipinski definition) is 3. The molecule has 0 bridgehead atoms. The topological polar surface area (TPSA) is 95.9 Å². The van der Waals surface area contributed by atoms with Crippen molar-refractivity contribution in [3.05, 3.63) is 24.3 Å². The molecule has 0 rings (SSSR count). The Morgan fingerprint density at radius 1 is 0.519 bits per heavy atom. The molecule has 0 fully saturated rings. The third-order valence-corrected chi connectivity index (χ3v) is 10.7. The van der Waals surface area contributed by atoms with Crippen LogP contribution in [0.5, 0.6) is 0 Å². The van der Waals surface area contributed by atoms with Gasteiger partial charge < -0.3 is 20.3 Å². The molecule has 3 N–H and O–H groups in total. The molecule has 6 nitrogen and oxygen atoms in total. The maximum Gasteiger partial charge on any atom is 0.306 e. The summed E-state index contributed by atoms with van der Waals surface area (Å²) in [5, 5.41) is 23.6. The van der Waals surface area contributed by atoms with E-state index in [2.05, 4.69) is 50.4 Å². The van der Waals surface area contributed by atoms with Crippen LogP contribution in [0.1, 0.15) is 245 Å². The summed E-state index contributed by atoms with van der Waals surface area (Å²) < 4.78 is 5.88. The highest BCUT2D eigenvalue weighted by Crippen LogP contribution is 2.17. The number of amides is 1. The Morgan fingerprint density at radius 3 is 1.43 bits per heavy atom. The first kappa shape index (κ1) is 52.3. The van der Waals surface area contributed by atoms with E-state index in [1.54, 1.807) is 0 Å². The van der Waals surface area contributed by atoms with Crippen molar-refractivity contribution < 1.29 is 24.5 Å². The third kappa shape index (κ3) is 37.3. The maximum absolute atomic E-state index is 13.1. The van der Waals surface area contributed by atoms with Gasteiger partial charge in [0.15, 0.2) is 0 Å². The Hall–Kier alpha value is -1.66. The van der Waals surface area contributed by atoms with Crippen LogP contribution in [0.2, 0.25) is 0 Å². The summed E-state index contributed by atoms with van der Waals surface area (Å²) in [5.41, 5.74) is 0. The minimum Gasteiger partial charge on any atom is -0.462 e. The molecule has 0 spiro atoms. The monoisotopic (exact) mass is 762 g/mol. The fraction of sp³-hybridized carbons (Fsp3) is 0.875. The third-order valence-electron chi connectivity index (χ3n) is 10.7. The Morgan fingerprint density at radius 2 is 0.926 bits per heavy atom. The summed E-state index contributed by atoms with van der Waals surface area (Å²) in [6, 6.07) is -0.701. The van der Waals surface area contributed by atoms with E-state index in [0.29, 0.717) is 19.3 Å². The zero-order valence-corrected chi connectivity index (χ0v) is 36.1. The number of allylic oxidation sites excluding steroid dienone is 4. The predicted octanol–water partition coefficient (Wildman–Crippen LogP) is 13.6. The molecule has 0 saturated carbocycles. The normalized spacial score (nSPS) is 13.5. The molecule has 0 aliphatic rings. The molecule has 54 heavy (non-hydrogen) atoms. The molecule has 0 aliphatic carbocycles. The second-order valence-electron chi connectivity index (χ2n) is 16.2. The molecule has 0 aromatic rings. The van der Waals surface area contributed by atoms with Gasteiger partial charge in [0.05, 0.1) is 25.2 Å². The number of hydrogen-bond acceptors (Lipinski definition) is 5. The first-order chi connectivity index (χ1) is 26.5. The van der Waals surface area contributed by atoms with Gasteiger partial charge in [0.2, 0.25) is 5.91 Å². The predicted molar refractivity (Wildman–Crippen MR) is 232 cm³/mol. The first-order valence-electron chi connectivity index (χ1n) is 23.6. The van der Waals surface area contributed by atoms with Crippen molar-refractivity contribution in [2.24, 2.45) is 0 Å². The van der Waals surface area contributed by atoms with Crippen LogP contribution in [0.4, 0.5) is 0 Å². The Balaban J connectivity index is 4.46. The van der Waals surface area contributed by atoms with Gasteiger partial charge >= 0.3 is 5.97 Å². The van der Waals surface area contributed by atoms with E-state index in [1.807, 2.05) is 0 Å². The number of aliphatic hydroxyl groups excluding tert-OH is 2. The largest absolute Gasteiger partial charge is 0.462 e. The molecule has 6 heteroatoms. The zero-order valence-electron chi connectivity index (χ0n) is 36.1. The van der Waals surface area contributed by atoms with Crippen LogP contribution in [0.15, 0.2) is 24.3 Å². The molecule has 318 valence electrons. The number of esters is 1. The summed E-state index contributed by atoms with van der Waals surface area (Å²) >= 11 is 0. The molecule has 1 amide bonds. The number of ether oxygens (including phenoxy) is 1. The Labute approximate surface area is 335 Å². The van der Waals surface area contributed by atoms with Gasteiger partial charge in [-0.25, -0.2) is 0 Å². The van der Waals surface area contributed by atoms with Crippen molar-refractivity contribution in [1.29, 1.82) is 0 Å². The fourth-order valence-electron chi connectivity index (χ4n) is 7.13. The smallest absolute Gasteiger partial charge is 0.306 e. The van der Waals surface area contributed by atoms with Crippen LogP contribution in [-0.4, -0.2) is 46.9 Å². The van der Waals surface area contributed by atoms with Crippen molar-refractivity contribution in [2.75, 3.05) is 6.61 Å². The van der Waals surface area contributed by atoms with E-state index in [4.69, 9.17) is 4.74 Å². The summed E-state index contributed by atoms with van der Waals surface area (Å²) in [7, 11) is 0. The quantitative estimate of drug-likeness (QED) is 0.0327. The second kappa shape index (κ2) is 42.5. The lowest BCUT2D eigenvalue weighted by atomic mass is 10.0. The fourth-order valence-corrected chi connectivity index (χ4v) is 7.13. The van der Waals surface area contributed by atoms with Gasteiger partial charge in [-0.3, -0.25) is 9.59 Å². The lowest BCUT2D eigenvalue weighted by Gasteiger charge is -2.24. The summed E-state index contributed by atoms with van der Waals surface area (Å²) in [4.78, 5) is 25.9. The highest BCUT2D eigenvalue weighted by Gasteiger charge is 2.24. The van der Waals surface area contributed by atoms with Gasteiger partial charge in [-0.05, 0) is 70.6 Å². The van der Waals surface area contributed by atoms with Crippen LogP contribution < -0.4 is 5.32 Å². The van der Waals surface area contributed by atoms with Crippen molar-refractivity contribution in [3.8, 4) is 0 Å². The van der Waals surface area contributed by atoms with E-state index in [0.717, 1.165) is 77.0 Å². The lowest BCUT2D eigenvalue weighted by molar-refractivity contribution is -0.151. The SMILES string of the molecule is CCC/C=C\CCCCCC(CC(=O)NC(CO)C(O)CCCCCCCCCCCCCC)OC(=O)CCCCCCCCC/C=C\CCCCCC. The number of carbonyl (C=O) groups is 2. The van der Waals surface area contributed by atoms with Crippen molar-refractivity contribution >= 4 is 11.9 Å². The first-order valence-corrected chi connectivity index (χ1v) is 23.6. The number of aliphatic hydroxyl groups is 2. The Bertz CT molecular complexity index is 858. The van der Waals surface area contributed by atoms with E-state index >= 15 is 0 Å². The van der Waals surface area contributed by atoms with Crippen LogP contribution in [0.25, 0.3) is 0 Å². The number of rotatable bonds is 42. The standard InChI is InChI=1S/C48H91NO5/c1-4-7-10-13-16-19-21-23-24-25-27-29-32-35-38-41-48(53)54-44(39-36-33-30-18-15-12-9-6-3)42-47(52)49-45(43-50)46(51)40-37-34-31-28-26-22-20-17-14-11-8-5-2/h12,15,19,21,44-46,50-51H,4-11,13-14,16-18,20,22-43H2,1-3H3,(H,49,52)/b15-12-,21-19-. The van der Waals surface area contributed by atoms with Gasteiger partial charge in [0, 0.05) is 6.42 Å². The molecule has 0 aromatic carbocycles.